The molecule has 10 nitrogen and oxygen atoms in total. The number of non-ortho nitro benzene ring substituents is 1. The lowest BCUT2D eigenvalue weighted by atomic mass is 10.1. The number of amides is 1. The first-order chi connectivity index (χ1) is 19.1. The summed E-state index contributed by atoms with van der Waals surface area (Å²) in [7, 11) is -2.60. The fourth-order valence-corrected chi connectivity index (χ4v) is 5.42. The van der Waals surface area contributed by atoms with E-state index in [2.05, 4.69) is 21.2 Å². The number of anilines is 2. The summed E-state index contributed by atoms with van der Waals surface area (Å²) in [6.07, 6.45) is -1.41. The molecule has 0 aliphatic carbocycles. The normalized spacial score (nSPS) is 11.8. The van der Waals surface area contributed by atoms with Crippen molar-refractivity contribution in [3.8, 4) is 0 Å². The Kier molecular flexibility index (Phi) is 8.61. The summed E-state index contributed by atoms with van der Waals surface area (Å²) in [5, 5.41) is 13.6. The van der Waals surface area contributed by atoms with Gasteiger partial charge in [-0.1, -0.05) is 54.6 Å². The third-order valence-corrected chi connectivity index (χ3v) is 8.27. The van der Waals surface area contributed by atoms with Crippen molar-refractivity contribution >= 4 is 54.9 Å². The number of carbonyl (C=O) groups is 2. The molecule has 0 aliphatic heterocycles. The van der Waals surface area contributed by atoms with Gasteiger partial charge in [0.1, 0.15) is 0 Å². The minimum atomic E-state index is -4.01. The molecule has 0 aromatic heterocycles. The van der Waals surface area contributed by atoms with Gasteiger partial charge in [-0.25, -0.2) is 13.2 Å². The minimum absolute atomic E-state index is 0.0761. The van der Waals surface area contributed by atoms with Gasteiger partial charge < -0.3 is 10.1 Å². The Balaban J connectivity index is 1.60. The number of halogens is 1. The van der Waals surface area contributed by atoms with Crippen LogP contribution in [0, 0.1) is 10.1 Å². The van der Waals surface area contributed by atoms with Crippen molar-refractivity contribution in [2.75, 3.05) is 16.7 Å². The van der Waals surface area contributed by atoms with Crippen LogP contribution in [0.2, 0.25) is 0 Å². The zero-order valence-corrected chi connectivity index (χ0v) is 23.3. The van der Waals surface area contributed by atoms with E-state index in [0.29, 0.717) is 11.3 Å². The second-order valence-electron chi connectivity index (χ2n) is 8.44. The fraction of sp³-hybridized carbons (Fsp3) is 0.0714. The highest BCUT2D eigenvalue weighted by Gasteiger charge is 2.28. The number of nitrogens with one attached hydrogen (secondary N) is 1. The largest absolute Gasteiger partial charge is 0.444 e. The first-order valence-electron chi connectivity index (χ1n) is 11.7. The zero-order chi connectivity index (χ0) is 28.9. The molecule has 4 aromatic carbocycles. The monoisotopic (exact) mass is 623 g/mol. The molecule has 12 heteroatoms. The molecule has 0 aliphatic rings. The molecule has 1 N–H and O–H groups in total. The number of nitrogens with zero attached hydrogens (tertiary/aromatic N) is 2. The number of nitro benzene ring substituents is 1. The van der Waals surface area contributed by atoms with Gasteiger partial charge in [0.05, 0.1) is 26.8 Å². The number of hydrogen-bond acceptors (Lipinski definition) is 7. The zero-order valence-electron chi connectivity index (χ0n) is 20.9. The van der Waals surface area contributed by atoms with Crippen molar-refractivity contribution in [1.29, 1.82) is 0 Å². The average Bonchev–Trinajstić information content (AvgIpc) is 2.97. The predicted octanol–water partition coefficient (Wildman–Crippen LogP) is 5.72. The smallest absolute Gasteiger partial charge is 0.339 e. The van der Waals surface area contributed by atoms with E-state index >= 15 is 0 Å². The highest BCUT2D eigenvalue weighted by Crippen LogP contribution is 2.30. The highest BCUT2D eigenvalue weighted by molar-refractivity contribution is 9.10. The van der Waals surface area contributed by atoms with E-state index in [4.69, 9.17) is 4.74 Å². The number of benzene rings is 4. The van der Waals surface area contributed by atoms with Crippen LogP contribution in [0.1, 0.15) is 22.0 Å². The number of hydrogen-bond donors (Lipinski definition) is 1. The predicted molar refractivity (Wildman–Crippen MR) is 152 cm³/mol. The van der Waals surface area contributed by atoms with Gasteiger partial charge in [-0.3, -0.25) is 19.2 Å². The number of rotatable bonds is 9. The number of carbonyl (C=O) groups excluding carboxylic acids is 2. The van der Waals surface area contributed by atoms with Gasteiger partial charge in [0.25, 0.3) is 21.6 Å². The Hall–Kier alpha value is -4.55. The van der Waals surface area contributed by atoms with E-state index in [9.17, 15) is 28.1 Å². The van der Waals surface area contributed by atoms with Crippen molar-refractivity contribution in [2.24, 2.45) is 0 Å². The molecule has 0 saturated heterocycles. The van der Waals surface area contributed by atoms with Crippen LogP contribution < -0.4 is 9.62 Å². The minimum Gasteiger partial charge on any atom is -0.444 e. The third-order valence-electron chi connectivity index (χ3n) is 5.83. The van der Waals surface area contributed by atoms with Crippen LogP contribution in [0.4, 0.5) is 17.1 Å². The van der Waals surface area contributed by atoms with Gasteiger partial charge in [0.15, 0.2) is 0 Å². The summed E-state index contributed by atoms with van der Waals surface area (Å²) >= 11 is 3.20. The van der Waals surface area contributed by atoms with E-state index < -0.39 is 32.9 Å². The van der Waals surface area contributed by atoms with Crippen LogP contribution in [0.25, 0.3) is 0 Å². The molecule has 0 spiro atoms. The summed E-state index contributed by atoms with van der Waals surface area (Å²) in [6, 6.07) is 25.9. The molecule has 204 valence electrons. The van der Waals surface area contributed by atoms with E-state index in [-0.39, 0.29) is 26.3 Å². The van der Waals surface area contributed by atoms with Gasteiger partial charge >= 0.3 is 5.97 Å². The Bertz CT molecular complexity index is 1670. The highest BCUT2D eigenvalue weighted by atomic mass is 79.9. The second kappa shape index (κ2) is 12.1. The van der Waals surface area contributed by atoms with Crippen molar-refractivity contribution in [1.82, 2.24) is 0 Å². The number of para-hydroxylation sites is 1. The molecule has 1 atom stereocenters. The standard InChI is InChI=1S/C28H22BrN3O7S/c1-31(21-12-6-3-7-13-21)40(37,38)23-14-8-11-20(17-23)28(34)39-26(19-9-4-2-5-10-19)27(33)30-25-16-15-22(32(35)36)18-24(25)29/h2-18,26H,1H3,(H,30,33). The lowest BCUT2D eigenvalue weighted by molar-refractivity contribution is -0.384. The fourth-order valence-electron chi connectivity index (χ4n) is 3.71. The first-order valence-corrected chi connectivity index (χ1v) is 14.0. The maximum atomic E-state index is 13.3. The van der Waals surface area contributed by atoms with Crippen molar-refractivity contribution < 1.29 is 27.7 Å². The number of sulfonamides is 1. The molecule has 0 bridgehead atoms. The van der Waals surface area contributed by atoms with Crippen molar-refractivity contribution in [3.63, 3.8) is 0 Å². The lowest BCUT2D eigenvalue weighted by Crippen LogP contribution is -2.27. The van der Waals surface area contributed by atoms with Crippen LogP contribution in [0.15, 0.2) is 112 Å². The van der Waals surface area contributed by atoms with E-state index in [1.807, 2.05) is 0 Å². The Morgan fingerprint density at radius 3 is 2.20 bits per heavy atom. The van der Waals surface area contributed by atoms with Crippen LogP contribution >= 0.6 is 15.9 Å². The Labute approximate surface area is 238 Å². The lowest BCUT2D eigenvalue weighted by Gasteiger charge is -2.20. The molecule has 0 radical (unpaired) electrons. The number of ether oxygens (including phenoxy) is 1. The van der Waals surface area contributed by atoms with Crippen molar-refractivity contribution in [3.05, 3.63) is 129 Å². The number of esters is 1. The second-order valence-corrected chi connectivity index (χ2v) is 11.3. The molecule has 1 unspecified atom stereocenters. The third kappa shape index (κ3) is 6.35. The topological polar surface area (TPSA) is 136 Å². The quantitative estimate of drug-likeness (QED) is 0.143. The molecule has 0 heterocycles. The molecule has 4 rings (SSSR count). The van der Waals surface area contributed by atoms with Gasteiger partial charge in [0.2, 0.25) is 6.10 Å². The molecule has 40 heavy (non-hydrogen) atoms. The van der Waals surface area contributed by atoms with Crippen LogP contribution in [-0.2, 0) is 19.6 Å². The molecular weight excluding hydrogens is 602 g/mol. The Morgan fingerprint density at radius 1 is 0.925 bits per heavy atom. The van der Waals surface area contributed by atoms with Crippen LogP contribution in [0.3, 0.4) is 0 Å². The van der Waals surface area contributed by atoms with E-state index in [0.717, 1.165) is 4.31 Å². The average molecular weight is 624 g/mol. The van der Waals surface area contributed by atoms with E-state index in [1.165, 1.54) is 49.5 Å². The number of nitro groups is 1. The molecule has 4 aromatic rings. The summed E-state index contributed by atoms with van der Waals surface area (Å²) in [5.74, 6) is -1.65. The SMILES string of the molecule is CN(c1ccccc1)S(=O)(=O)c1cccc(C(=O)OC(C(=O)Nc2ccc([N+](=O)[O-])cc2Br)c2ccccc2)c1. The molecule has 0 fully saturated rings. The molecule has 1 amide bonds. The summed E-state index contributed by atoms with van der Waals surface area (Å²) in [6.45, 7) is 0. The van der Waals surface area contributed by atoms with Crippen LogP contribution in [0.5, 0.6) is 0 Å². The van der Waals surface area contributed by atoms with E-state index in [1.54, 1.807) is 60.7 Å². The van der Waals surface area contributed by atoms with Gasteiger partial charge in [-0.2, -0.15) is 0 Å². The summed E-state index contributed by atoms with van der Waals surface area (Å²) in [5.41, 5.74) is 0.772. The van der Waals surface area contributed by atoms with Gasteiger partial charge in [-0.15, -0.1) is 0 Å². The summed E-state index contributed by atoms with van der Waals surface area (Å²) < 4.78 is 33.4. The maximum absolute atomic E-state index is 13.3. The molecule has 0 saturated carbocycles. The maximum Gasteiger partial charge on any atom is 0.339 e. The summed E-state index contributed by atoms with van der Waals surface area (Å²) in [4.78, 5) is 36.8. The van der Waals surface area contributed by atoms with Gasteiger partial charge in [0, 0.05) is 29.2 Å². The Morgan fingerprint density at radius 2 is 1.57 bits per heavy atom. The molecular formula is C28H22BrN3O7S. The van der Waals surface area contributed by atoms with Gasteiger partial charge in [-0.05, 0) is 52.3 Å². The van der Waals surface area contributed by atoms with Crippen LogP contribution in [-0.4, -0.2) is 32.3 Å². The first kappa shape index (κ1) is 28.5. The van der Waals surface area contributed by atoms with Crippen molar-refractivity contribution in [2.45, 2.75) is 11.0 Å².